The van der Waals surface area contributed by atoms with E-state index in [1.807, 2.05) is 56.3 Å². The van der Waals surface area contributed by atoms with Crippen LogP contribution in [0.15, 0.2) is 65.3 Å². The lowest BCUT2D eigenvalue weighted by Gasteiger charge is -2.29. The van der Waals surface area contributed by atoms with E-state index in [0.717, 1.165) is 33.8 Å². The Hall–Kier alpha value is -3.71. The van der Waals surface area contributed by atoms with Crippen LogP contribution in [-0.2, 0) is 0 Å². The van der Waals surface area contributed by atoms with Gasteiger partial charge in [0.25, 0.3) is 0 Å². The Morgan fingerprint density at radius 2 is 1.93 bits per heavy atom. The molecule has 1 aromatic heterocycles. The number of fused-ring (bicyclic) bond motifs is 1. The van der Waals surface area contributed by atoms with Crippen molar-refractivity contribution in [3.63, 3.8) is 0 Å². The first kappa shape index (κ1) is 17.7. The lowest BCUT2D eigenvalue weighted by Crippen LogP contribution is -2.28. The highest BCUT2D eigenvalue weighted by atomic mass is 16.5. The summed E-state index contributed by atoms with van der Waals surface area (Å²) < 4.78 is 11.8. The number of ether oxygens (including phenoxy) is 1. The monoisotopic (exact) mass is 369 g/mol. The van der Waals surface area contributed by atoms with Gasteiger partial charge >= 0.3 is 0 Å². The SMILES string of the molecule is CC1(C)C=Cc2cc(-c3ccco3)cc(/C=C(/C#N)c3ccc(O)cc3)c2O1. The predicted molar refractivity (Wildman–Crippen MR) is 109 cm³/mol. The zero-order valence-corrected chi connectivity index (χ0v) is 15.6. The van der Waals surface area contributed by atoms with Gasteiger partial charge in [0, 0.05) is 16.7 Å². The normalized spacial score (nSPS) is 14.8. The maximum absolute atomic E-state index is 9.72. The molecule has 0 saturated heterocycles. The zero-order valence-electron chi connectivity index (χ0n) is 15.6. The highest BCUT2D eigenvalue weighted by Gasteiger charge is 2.24. The molecular formula is C24H19NO3. The Bertz CT molecular complexity index is 1110. The van der Waals surface area contributed by atoms with Gasteiger partial charge < -0.3 is 14.3 Å². The van der Waals surface area contributed by atoms with E-state index in [4.69, 9.17) is 9.15 Å². The summed E-state index contributed by atoms with van der Waals surface area (Å²) in [6.07, 6.45) is 7.50. The third kappa shape index (κ3) is 3.43. The van der Waals surface area contributed by atoms with E-state index >= 15 is 0 Å². The second-order valence-electron chi connectivity index (χ2n) is 7.22. The van der Waals surface area contributed by atoms with Crippen LogP contribution < -0.4 is 4.74 Å². The fraction of sp³-hybridized carbons (Fsp3) is 0.125. The van der Waals surface area contributed by atoms with Crippen molar-refractivity contribution in [1.29, 1.82) is 5.26 Å². The van der Waals surface area contributed by atoms with E-state index in [9.17, 15) is 10.4 Å². The number of allylic oxidation sites excluding steroid dienone is 1. The number of hydrogen-bond acceptors (Lipinski definition) is 4. The Morgan fingerprint density at radius 1 is 1.14 bits per heavy atom. The number of hydrogen-bond donors (Lipinski definition) is 1. The highest BCUT2D eigenvalue weighted by Crippen LogP contribution is 2.39. The largest absolute Gasteiger partial charge is 0.508 e. The minimum atomic E-state index is -0.437. The smallest absolute Gasteiger partial charge is 0.135 e. The maximum Gasteiger partial charge on any atom is 0.135 e. The van der Waals surface area contributed by atoms with Gasteiger partial charge in [-0.05, 0) is 80.1 Å². The van der Waals surface area contributed by atoms with Gasteiger partial charge in [0.1, 0.15) is 22.9 Å². The topological polar surface area (TPSA) is 66.4 Å². The molecule has 1 aliphatic rings. The van der Waals surface area contributed by atoms with E-state index in [0.29, 0.717) is 5.57 Å². The summed E-state index contributed by atoms with van der Waals surface area (Å²) in [7, 11) is 0. The lowest BCUT2D eigenvalue weighted by atomic mass is 9.95. The molecular weight excluding hydrogens is 350 g/mol. The number of phenols is 1. The van der Waals surface area contributed by atoms with Crippen molar-refractivity contribution in [3.05, 3.63) is 77.6 Å². The first-order valence-electron chi connectivity index (χ1n) is 8.96. The lowest BCUT2D eigenvalue weighted by molar-refractivity contribution is 0.158. The van der Waals surface area contributed by atoms with Crippen molar-refractivity contribution in [2.45, 2.75) is 19.4 Å². The van der Waals surface area contributed by atoms with Crippen LogP contribution in [0.4, 0.5) is 0 Å². The Kier molecular flexibility index (Phi) is 4.29. The van der Waals surface area contributed by atoms with Crippen LogP contribution in [0.3, 0.4) is 0 Å². The highest BCUT2D eigenvalue weighted by molar-refractivity contribution is 5.92. The first-order valence-corrected chi connectivity index (χ1v) is 8.96. The molecule has 2 heterocycles. The van der Waals surface area contributed by atoms with Crippen LogP contribution in [0, 0.1) is 11.3 Å². The molecule has 0 bridgehead atoms. The van der Waals surface area contributed by atoms with Gasteiger partial charge in [-0.15, -0.1) is 0 Å². The molecule has 0 amide bonds. The number of benzene rings is 2. The van der Waals surface area contributed by atoms with Crippen LogP contribution in [0.5, 0.6) is 11.5 Å². The molecule has 0 spiro atoms. The molecule has 4 nitrogen and oxygen atoms in total. The van der Waals surface area contributed by atoms with E-state index in [1.54, 1.807) is 30.5 Å². The van der Waals surface area contributed by atoms with Crippen LogP contribution in [0.1, 0.15) is 30.5 Å². The van der Waals surface area contributed by atoms with Gasteiger partial charge in [-0.2, -0.15) is 5.26 Å². The molecule has 4 heteroatoms. The summed E-state index contributed by atoms with van der Waals surface area (Å²) in [6, 6.07) is 16.6. The maximum atomic E-state index is 9.72. The molecule has 28 heavy (non-hydrogen) atoms. The summed E-state index contributed by atoms with van der Waals surface area (Å²) in [4.78, 5) is 0. The summed E-state index contributed by atoms with van der Waals surface area (Å²) in [5.41, 5.74) is 3.41. The van der Waals surface area contributed by atoms with Gasteiger partial charge in [-0.1, -0.05) is 6.08 Å². The molecule has 0 atom stereocenters. The average Bonchev–Trinajstić information content (AvgIpc) is 3.21. The molecule has 0 aliphatic carbocycles. The molecule has 4 rings (SSSR count). The Balaban J connectivity index is 1.89. The van der Waals surface area contributed by atoms with Crippen LogP contribution in [0.25, 0.3) is 29.0 Å². The zero-order chi connectivity index (χ0) is 19.7. The summed E-state index contributed by atoms with van der Waals surface area (Å²) in [6.45, 7) is 3.98. The van der Waals surface area contributed by atoms with Gasteiger partial charge in [0.15, 0.2) is 0 Å². The van der Waals surface area contributed by atoms with Crippen LogP contribution >= 0.6 is 0 Å². The second kappa shape index (κ2) is 6.79. The fourth-order valence-corrected chi connectivity index (χ4v) is 3.17. The molecule has 0 radical (unpaired) electrons. The number of furan rings is 1. The molecule has 138 valence electrons. The molecule has 0 fully saturated rings. The van der Waals surface area contributed by atoms with Gasteiger partial charge in [0.2, 0.25) is 0 Å². The summed E-state index contributed by atoms with van der Waals surface area (Å²) in [5, 5.41) is 19.2. The molecule has 1 N–H and O–H groups in total. The first-order chi connectivity index (χ1) is 13.4. The van der Waals surface area contributed by atoms with Crippen molar-refractivity contribution in [2.75, 3.05) is 0 Å². The number of phenolic OH excluding ortho intramolecular Hbond substituents is 1. The number of nitriles is 1. The average molecular weight is 369 g/mol. The van der Waals surface area contributed by atoms with E-state index in [1.165, 1.54) is 0 Å². The van der Waals surface area contributed by atoms with Crippen molar-refractivity contribution in [1.82, 2.24) is 0 Å². The van der Waals surface area contributed by atoms with Gasteiger partial charge in [0.05, 0.1) is 17.9 Å². The van der Waals surface area contributed by atoms with Crippen LogP contribution in [-0.4, -0.2) is 10.7 Å². The van der Waals surface area contributed by atoms with Crippen molar-refractivity contribution >= 4 is 17.7 Å². The minimum Gasteiger partial charge on any atom is -0.508 e. The summed E-state index contributed by atoms with van der Waals surface area (Å²) >= 11 is 0. The molecule has 0 saturated carbocycles. The predicted octanol–water partition coefficient (Wildman–Crippen LogP) is 5.90. The number of aromatic hydroxyl groups is 1. The van der Waals surface area contributed by atoms with Gasteiger partial charge in [-0.3, -0.25) is 0 Å². The molecule has 2 aromatic carbocycles. The Morgan fingerprint density at radius 3 is 2.61 bits per heavy atom. The van der Waals surface area contributed by atoms with Crippen LogP contribution in [0.2, 0.25) is 0 Å². The van der Waals surface area contributed by atoms with Gasteiger partial charge in [-0.25, -0.2) is 0 Å². The van der Waals surface area contributed by atoms with Crippen molar-refractivity contribution < 1.29 is 14.3 Å². The van der Waals surface area contributed by atoms with E-state index < -0.39 is 5.60 Å². The van der Waals surface area contributed by atoms with Crippen molar-refractivity contribution in [3.8, 4) is 28.9 Å². The minimum absolute atomic E-state index is 0.161. The number of nitrogens with zero attached hydrogens (tertiary/aromatic N) is 1. The van der Waals surface area contributed by atoms with Crippen molar-refractivity contribution in [2.24, 2.45) is 0 Å². The molecule has 3 aromatic rings. The summed E-state index contributed by atoms with van der Waals surface area (Å²) in [5.74, 6) is 1.64. The van der Waals surface area contributed by atoms with E-state index in [-0.39, 0.29) is 5.75 Å². The Labute approximate surface area is 163 Å². The molecule has 0 unspecified atom stereocenters. The fourth-order valence-electron chi connectivity index (χ4n) is 3.17. The van der Waals surface area contributed by atoms with E-state index in [2.05, 4.69) is 6.07 Å². The standard InChI is InChI=1S/C24H19NO3/c1-24(2)10-9-17-12-18(22-4-3-11-27-22)13-19(23(17)28-24)14-20(15-25)16-5-7-21(26)8-6-16/h3-14,26H,1-2H3/b20-14-. The second-order valence-corrected chi connectivity index (χ2v) is 7.22. The quantitative estimate of drug-likeness (QED) is 0.461. The third-order valence-corrected chi connectivity index (χ3v) is 4.58. The molecule has 1 aliphatic heterocycles. The third-order valence-electron chi connectivity index (χ3n) is 4.58. The number of rotatable bonds is 3.